The Hall–Kier alpha value is -2.54. The summed E-state index contributed by atoms with van der Waals surface area (Å²) in [6, 6.07) is 10.2. The van der Waals surface area contributed by atoms with Gasteiger partial charge in [0.15, 0.2) is 5.82 Å². The Morgan fingerprint density at radius 1 is 1.08 bits per heavy atom. The third kappa shape index (κ3) is 3.61. The van der Waals surface area contributed by atoms with E-state index in [4.69, 9.17) is 13.7 Å². The molecule has 3 heterocycles. The molecule has 0 aliphatic carbocycles. The van der Waals surface area contributed by atoms with Gasteiger partial charge in [-0.15, -0.1) is 10.2 Å². The lowest BCUT2D eigenvalue weighted by atomic mass is 9.95. The maximum absolute atomic E-state index is 5.90. The third-order valence-electron chi connectivity index (χ3n) is 4.37. The van der Waals surface area contributed by atoms with Crippen molar-refractivity contribution in [1.29, 1.82) is 0 Å². The molecule has 1 saturated heterocycles. The average molecular weight is 340 g/mol. The van der Waals surface area contributed by atoms with Crippen LogP contribution in [0.2, 0.25) is 0 Å². The second kappa shape index (κ2) is 7.14. The number of aryl methyl sites for hydroxylation is 3. The van der Waals surface area contributed by atoms with E-state index in [1.54, 1.807) is 0 Å². The van der Waals surface area contributed by atoms with Gasteiger partial charge in [-0.25, -0.2) is 0 Å². The highest BCUT2D eigenvalue weighted by Crippen LogP contribution is 2.40. The average Bonchev–Trinajstić information content (AvgIpc) is 3.36. The smallest absolute Gasteiger partial charge is 0.226 e. The van der Waals surface area contributed by atoms with Crippen molar-refractivity contribution in [1.82, 2.24) is 20.3 Å². The molecule has 25 heavy (non-hydrogen) atoms. The number of hydrogen-bond acceptors (Lipinski definition) is 7. The summed E-state index contributed by atoms with van der Waals surface area (Å²) in [4.78, 5) is 4.19. The molecule has 2 atom stereocenters. The lowest BCUT2D eigenvalue weighted by molar-refractivity contribution is 0.0997. The fraction of sp³-hybridized carbons (Fsp3) is 0.444. The van der Waals surface area contributed by atoms with Crippen molar-refractivity contribution in [3.63, 3.8) is 0 Å². The van der Waals surface area contributed by atoms with Gasteiger partial charge in [0, 0.05) is 19.4 Å². The van der Waals surface area contributed by atoms with Crippen LogP contribution < -0.4 is 0 Å². The summed E-state index contributed by atoms with van der Waals surface area (Å²) >= 11 is 0. The minimum Gasteiger partial charge on any atom is -0.425 e. The van der Waals surface area contributed by atoms with Crippen LogP contribution >= 0.6 is 0 Å². The zero-order chi connectivity index (χ0) is 17.1. The van der Waals surface area contributed by atoms with E-state index < -0.39 is 0 Å². The van der Waals surface area contributed by atoms with Crippen LogP contribution in [-0.4, -0.2) is 26.9 Å². The first kappa shape index (κ1) is 16.0. The van der Waals surface area contributed by atoms with Crippen LogP contribution in [0.15, 0.2) is 39.3 Å². The summed E-state index contributed by atoms with van der Waals surface area (Å²) in [5, 5.41) is 12.2. The van der Waals surface area contributed by atoms with Crippen molar-refractivity contribution >= 4 is 0 Å². The highest BCUT2D eigenvalue weighted by Gasteiger charge is 2.34. The number of nitrogens with zero attached hydrogens (tertiary/aromatic N) is 4. The Bertz CT molecular complexity index is 815. The highest BCUT2D eigenvalue weighted by atomic mass is 16.5. The number of aromatic nitrogens is 4. The fourth-order valence-electron chi connectivity index (χ4n) is 3.16. The molecule has 1 aliphatic rings. The van der Waals surface area contributed by atoms with Crippen LogP contribution in [0.3, 0.4) is 0 Å². The first-order chi connectivity index (χ1) is 12.3. The lowest BCUT2D eigenvalue weighted by Gasteiger charge is -2.15. The minimum atomic E-state index is -0.0177. The van der Waals surface area contributed by atoms with Gasteiger partial charge in [-0.1, -0.05) is 35.5 Å². The Labute approximate surface area is 145 Å². The molecule has 1 aliphatic heterocycles. The van der Waals surface area contributed by atoms with Gasteiger partial charge in [0.2, 0.25) is 17.7 Å². The molecule has 1 aromatic carbocycles. The maximum atomic E-state index is 5.90. The summed E-state index contributed by atoms with van der Waals surface area (Å²) in [6.07, 6.45) is 3.10. The monoisotopic (exact) mass is 340 g/mol. The third-order valence-corrected chi connectivity index (χ3v) is 4.37. The second-order valence-electron chi connectivity index (χ2n) is 6.22. The van der Waals surface area contributed by atoms with Gasteiger partial charge in [-0.3, -0.25) is 0 Å². The first-order valence-corrected chi connectivity index (χ1v) is 8.57. The summed E-state index contributed by atoms with van der Waals surface area (Å²) < 4.78 is 16.9. The van der Waals surface area contributed by atoms with E-state index in [9.17, 15) is 0 Å². The van der Waals surface area contributed by atoms with Crippen LogP contribution in [-0.2, 0) is 17.6 Å². The van der Waals surface area contributed by atoms with Gasteiger partial charge in [-0.05, 0) is 25.3 Å². The predicted octanol–water partition coefficient (Wildman–Crippen LogP) is 3.18. The molecule has 0 bridgehead atoms. The highest BCUT2D eigenvalue weighted by molar-refractivity contribution is 5.21. The van der Waals surface area contributed by atoms with Crippen molar-refractivity contribution < 1.29 is 13.7 Å². The Balaban J connectivity index is 1.38. The van der Waals surface area contributed by atoms with E-state index in [0.29, 0.717) is 42.9 Å². The molecule has 130 valence electrons. The standard InChI is InChI=1S/C18H20N4O3/c1-12-19-15(25-22-12)8-5-9-16-20-21-18(24-16)14-10-11-23-17(14)13-6-3-2-4-7-13/h2-4,6-7,14,17H,5,8-11H2,1H3/t14-,17+/m0/s1. The molecule has 2 aromatic heterocycles. The first-order valence-electron chi connectivity index (χ1n) is 8.57. The van der Waals surface area contributed by atoms with Crippen LogP contribution in [0.4, 0.5) is 0 Å². The van der Waals surface area contributed by atoms with Crippen molar-refractivity contribution in [2.24, 2.45) is 0 Å². The molecule has 0 spiro atoms. The Kier molecular flexibility index (Phi) is 4.56. The van der Waals surface area contributed by atoms with Crippen LogP contribution in [0, 0.1) is 6.92 Å². The topological polar surface area (TPSA) is 87.1 Å². The molecule has 7 heteroatoms. The normalized spacial score (nSPS) is 20.2. The fourth-order valence-corrected chi connectivity index (χ4v) is 3.16. The van der Waals surface area contributed by atoms with E-state index in [2.05, 4.69) is 32.5 Å². The molecule has 0 saturated carbocycles. The van der Waals surface area contributed by atoms with Gasteiger partial charge < -0.3 is 13.7 Å². The number of ether oxygens (including phenoxy) is 1. The van der Waals surface area contributed by atoms with Gasteiger partial charge in [0.1, 0.15) is 0 Å². The number of rotatable bonds is 6. The van der Waals surface area contributed by atoms with Gasteiger partial charge in [0.05, 0.1) is 12.0 Å². The summed E-state index contributed by atoms with van der Waals surface area (Å²) in [7, 11) is 0. The molecule has 7 nitrogen and oxygen atoms in total. The molecule has 0 unspecified atom stereocenters. The van der Waals surface area contributed by atoms with Crippen LogP contribution in [0.1, 0.15) is 53.9 Å². The summed E-state index contributed by atoms with van der Waals surface area (Å²) in [6.45, 7) is 2.52. The minimum absolute atomic E-state index is 0.0177. The van der Waals surface area contributed by atoms with Crippen molar-refractivity contribution in [2.45, 2.75) is 44.6 Å². The zero-order valence-electron chi connectivity index (χ0n) is 14.1. The maximum Gasteiger partial charge on any atom is 0.226 e. The summed E-state index contributed by atoms with van der Waals surface area (Å²) in [5.41, 5.74) is 1.15. The second-order valence-corrected chi connectivity index (χ2v) is 6.22. The van der Waals surface area contributed by atoms with E-state index in [1.165, 1.54) is 0 Å². The van der Waals surface area contributed by atoms with Crippen molar-refractivity contribution in [3.8, 4) is 0 Å². The quantitative estimate of drug-likeness (QED) is 0.681. The zero-order valence-corrected chi connectivity index (χ0v) is 14.1. The van der Waals surface area contributed by atoms with E-state index in [1.807, 2.05) is 25.1 Å². The Morgan fingerprint density at radius 3 is 2.72 bits per heavy atom. The molecule has 0 radical (unpaired) electrons. The molecule has 3 aromatic rings. The van der Waals surface area contributed by atoms with Gasteiger partial charge in [-0.2, -0.15) is 4.98 Å². The number of hydrogen-bond donors (Lipinski definition) is 0. The summed E-state index contributed by atoms with van der Waals surface area (Å²) in [5.74, 6) is 2.72. The van der Waals surface area contributed by atoms with Crippen LogP contribution in [0.25, 0.3) is 0 Å². The molecular formula is C18H20N4O3. The van der Waals surface area contributed by atoms with E-state index in [-0.39, 0.29) is 12.0 Å². The lowest BCUT2D eigenvalue weighted by Crippen LogP contribution is -2.06. The molecule has 0 N–H and O–H groups in total. The van der Waals surface area contributed by atoms with E-state index >= 15 is 0 Å². The van der Waals surface area contributed by atoms with Crippen molar-refractivity contribution in [3.05, 3.63) is 59.4 Å². The van der Waals surface area contributed by atoms with Crippen LogP contribution in [0.5, 0.6) is 0 Å². The predicted molar refractivity (Wildman–Crippen MR) is 87.9 cm³/mol. The molecule has 0 amide bonds. The van der Waals surface area contributed by atoms with Gasteiger partial charge >= 0.3 is 0 Å². The van der Waals surface area contributed by atoms with E-state index in [0.717, 1.165) is 18.4 Å². The molecule has 1 fully saturated rings. The largest absolute Gasteiger partial charge is 0.425 e. The van der Waals surface area contributed by atoms with Crippen molar-refractivity contribution in [2.75, 3.05) is 6.61 Å². The Morgan fingerprint density at radius 2 is 1.92 bits per heavy atom. The molecular weight excluding hydrogens is 320 g/mol. The van der Waals surface area contributed by atoms with Gasteiger partial charge in [0.25, 0.3) is 0 Å². The molecule has 4 rings (SSSR count). The number of benzene rings is 1. The SMILES string of the molecule is Cc1noc(CCCc2nnc([C@H]3CCO[C@@H]3c3ccccc3)o2)n1.